The van der Waals surface area contributed by atoms with Gasteiger partial charge >= 0.3 is 5.97 Å². The summed E-state index contributed by atoms with van der Waals surface area (Å²) in [5.41, 5.74) is 6.03. The number of hydrogen-bond donors (Lipinski definition) is 3. The van der Waals surface area contributed by atoms with Crippen LogP contribution in [0.15, 0.2) is 12.5 Å². The molecule has 0 saturated carbocycles. The van der Waals surface area contributed by atoms with Gasteiger partial charge in [0.1, 0.15) is 6.04 Å². The number of nitrogens with zero attached hydrogens (tertiary/aromatic N) is 2. The fourth-order valence-corrected chi connectivity index (χ4v) is 1.60. The molecule has 19 heavy (non-hydrogen) atoms. The van der Waals surface area contributed by atoms with Crippen molar-refractivity contribution in [3.05, 3.63) is 18.2 Å². The van der Waals surface area contributed by atoms with E-state index in [0.29, 0.717) is 5.69 Å². The number of carbonyl (C=O) groups is 2. The van der Waals surface area contributed by atoms with Gasteiger partial charge in [-0.1, -0.05) is 6.92 Å². The van der Waals surface area contributed by atoms with Gasteiger partial charge in [0.25, 0.3) is 0 Å². The van der Waals surface area contributed by atoms with Crippen molar-refractivity contribution in [3.8, 4) is 0 Å². The van der Waals surface area contributed by atoms with Gasteiger partial charge in [-0.25, -0.2) is 9.78 Å². The summed E-state index contributed by atoms with van der Waals surface area (Å²) in [4.78, 5) is 26.7. The average molecular weight is 268 g/mol. The Bertz CT molecular complexity index is 442. The molecule has 0 aromatic carbocycles. The normalized spacial score (nSPS) is 13.8. The first-order valence-corrected chi connectivity index (χ1v) is 6.23. The van der Waals surface area contributed by atoms with E-state index in [2.05, 4.69) is 10.3 Å². The summed E-state index contributed by atoms with van der Waals surface area (Å²) in [5, 5.41) is 11.5. The van der Waals surface area contributed by atoms with Crippen molar-refractivity contribution >= 4 is 11.9 Å². The van der Waals surface area contributed by atoms with Gasteiger partial charge in [0.05, 0.1) is 18.1 Å². The predicted molar refractivity (Wildman–Crippen MR) is 69.4 cm³/mol. The lowest BCUT2D eigenvalue weighted by molar-refractivity contribution is -0.141. The van der Waals surface area contributed by atoms with Crippen LogP contribution in [0.5, 0.6) is 0 Å². The summed E-state index contributed by atoms with van der Waals surface area (Å²) in [6, 6.07) is -1.75. The third-order valence-corrected chi connectivity index (χ3v) is 2.61. The van der Waals surface area contributed by atoms with Gasteiger partial charge in [-0.15, -0.1) is 0 Å². The van der Waals surface area contributed by atoms with E-state index in [4.69, 9.17) is 10.8 Å². The van der Waals surface area contributed by atoms with Crippen LogP contribution < -0.4 is 11.1 Å². The third kappa shape index (κ3) is 4.70. The van der Waals surface area contributed by atoms with E-state index in [1.54, 1.807) is 12.5 Å². The summed E-state index contributed by atoms with van der Waals surface area (Å²) in [5.74, 6) is -1.58. The minimum Gasteiger partial charge on any atom is -0.480 e. The minimum atomic E-state index is -1.10. The number of amides is 1. The Balaban J connectivity index is 2.67. The number of aryl methyl sites for hydroxylation is 1. The van der Waals surface area contributed by atoms with Crippen LogP contribution in [-0.2, 0) is 22.6 Å². The molecular weight excluding hydrogens is 248 g/mol. The minimum absolute atomic E-state index is 0.143. The molecule has 0 aliphatic heterocycles. The van der Waals surface area contributed by atoms with E-state index >= 15 is 0 Å². The maximum Gasteiger partial charge on any atom is 0.326 e. The maximum atomic E-state index is 11.4. The number of hydrogen-bond acceptors (Lipinski definition) is 4. The second kappa shape index (κ2) is 6.89. The van der Waals surface area contributed by atoms with Crippen LogP contribution in [0.1, 0.15) is 26.0 Å². The largest absolute Gasteiger partial charge is 0.480 e. The number of nitrogens with one attached hydrogen (secondary N) is 1. The standard InChI is InChI=1S/C12H20N4O3/c1-3-4-16-6-9(14-7-16)5-10(12(18)19)15-11(17)8(2)13/h6-8,10H,3-5,13H2,1-2H3,(H,15,17)(H,18,19). The molecule has 0 bridgehead atoms. The Morgan fingerprint density at radius 1 is 1.58 bits per heavy atom. The molecule has 106 valence electrons. The van der Waals surface area contributed by atoms with Crippen LogP contribution in [0.3, 0.4) is 0 Å². The SMILES string of the molecule is CCCn1cnc(CC(NC(=O)C(C)N)C(=O)O)c1. The molecule has 2 atom stereocenters. The van der Waals surface area contributed by atoms with E-state index in [1.165, 1.54) is 6.92 Å². The molecule has 7 nitrogen and oxygen atoms in total. The molecule has 7 heteroatoms. The van der Waals surface area contributed by atoms with Crippen molar-refractivity contribution in [1.82, 2.24) is 14.9 Å². The molecular formula is C12H20N4O3. The van der Waals surface area contributed by atoms with Crippen LogP contribution in [0.2, 0.25) is 0 Å². The highest BCUT2D eigenvalue weighted by atomic mass is 16.4. The summed E-state index contributed by atoms with van der Waals surface area (Å²) in [6.45, 7) is 4.38. The molecule has 1 heterocycles. The summed E-state index contributed by atoms with van der Waals surface area (Å²) >= 11 is 0. The lowest BCUT2D eigenvalue weighted by Gasteiger charge is -2.14. The number of carboxylic acids is 1. The second-order valence-corrected chi connectivity index (χ2v) is 4.50. The first kappa shape index (κ1) is 15.2. The van der Waals surface area contributed by atoms with Crippen molar-refractivity contribution in [3.63, 3.8) is 0 Å². The molecule has 0 aliphatic carbocycles. The molecule has 1 aromatic heterocycles. The fraction of sp³-hybridized carbons (Fsp3) is 0.583. The van der Waals surface area contributed by atoms with Crippen molar-refractivity contribution < 1.29 is 14.7 Å². The van der Waals surface area contributed by atoms with Crippen molar-refractivity contribution in [2.45, 2.75) is 45.3 Å². The van der Waals surface area contributed by atoms with Gasteiger partial charge < -0.3 is 20.7 Å². The van der Waals surface area contributed by atoms with Crippen LogP contribution >= 0.6 is 0 Å². The van der Waals surface area contributed by atoms with E-state index in [9.17, 15) is 9.59 Å². The van der Waals surface area contributed by atoms with Crippen molar-refractivity contribution in [2.24, 2.45) is 5.73 Å². The Kier molecular flexibility index (Phi) is 5.50. The number of carbonyl (C=O) groups excluding carboxylic acids is 1. The average Bonchev–Trinajstić information content (AvgIpc) is 2.76. The lowest BCUT2D eigenvalue weighted by atomic mass is 10.1. The molecule has 2 unspecified atom stereocenters. The molecule has 0 radical (unpaired) electrons. The van der Waals surface area contributed by atoms with Gasteiger partial charge in [-0.3, -0.25) is 4.79 Å². The quantitative estimate of drug-likeness (QED) is 0.631. The molecule has 0 spiro atoms. The number of nitrogens with two attached hydrogens (primary N) is 1. The zero-order valence-electron chi connectivity index (χ0n) is 11.2. The zero-order chi connectivity index (χ0) is 14.4. The van der Waals surface area contributed by atoms with E-state index < -0.39 is 24.0 Å². The third-order valence-electron chi connectivity index (χ3n) is 2.61. The Morgan fingerprint density at radius 3 is 2.79 bits per heavy atom. The van der Waals surface area contributed by atoms with Crippen molar-refractivity contribution in [2.75, 3.05) is 0 Å². The molecule has 1 amide bonds. The molecule has 4 N–H and O–H groups in total. The topological polar surface area (TPSA) is 110 Å². The highest BCUT2D eigenvalue weighted by Crippen LogP contribution is 2.03. The Hall–Kier alpha value is -1.89. The first-order valence-electron chi connectivity index (χ1n) is 6.23. The van der Waals surface area contributed by atoms with E-state index in [-0.39, 0.29) is 6.42 Å². The molecule has 1 aromatic rings. The number of rotatable bonds is 7. The van der Waals surface area contributed by atoms with Crippen molar-refractivity contribution in [1.29, 1.82) is 0 Å². The Morgan fingerprint density at radius 2 is 2.26 bits per heavy atom. The van der Waals surface area contributed by atoms with Gasteiger partial charge in [0.2, 0.25) is 5.91 Å². The summed E-state index contributed by atoms with van der Waals surface area (Å²) in [7, 11) is 0. The van der Waals surface area contributed by atoms with Crippen LogP contribution in [0.25, 0.3) is 0 Å². The van der Waals surface area contributed by atoms with Crippen LogP contribution in [0.4, 0.5) is 0 Å². The van der Waals surface area contributed by atoms with E-state index in [0.717, 1.165) is 13.0 Å². The van der Waals surface area contributed by atoms with E-state index in [1.807, 2.05) is 11.5 Å². The fourth-order valence-electron chi connectivity index (χ4n) is 1.60. The van der Waals surface area contributed by atoms with Crippen LogP contribution in [0, 0.1) is 0 Å². The zero-order valence-corrected chi connectivity index (χ0v) is 11.2. The van der Waals surface area contributed by atoms with Gasteiger partial charge in [0, 0.05) is 19.2 Å². The molecule has 1 rings (SSSR count). The predicted octanol–water partition coefficient (Wildman–Crippen LogP) is -0.248. The number of aliphatic carboxylic acids is 1. The summed E-state index contributed by atoms with van der Waals surface area (Å²) in [6.07, 6.45) is 4.56. The highest BCUT2D eigenvalue weighted by Gasteiger charge is 2.22. The van der Waals surface area contributed by atoms with Gasteiger partial charge in [-0.05, 0) is 13.3 Å². The van der Waals surface area contributed by atoms with Crippen LogP contribution in [-0.4, -0.2) is 38.6 Å². The maximum absolute atomic E-state index is 11.4. The molecule has 0 saturated heterocycles. The number of aromatic nitrogens is 2. The first-order chi connectivity index (χ1) is 8.93. The monoisotopic (exact) mass is 268 g/mol. The van der Waals surface area contributed by atoms with Gasteiger partial charge in [0.15, 0.2) is 0 Å². The molecule has 0 aliphatic rings. The smallest absolute Gasteiger partial charge is 0.326 e. The highest BCUT2D eigenvalue weighted by molar-refractivity contribution is 5.86. The number of imidazole rings is 1. The molecule has 0 fully saturated rings. The lowest BCUT2D eigenvalue weighted by Crippen LogP contribution is -2.48. The Labute approximate surface area is 111 Å². The summed E-state index contributed by atoms with van der Waals surface area (Å²) < 4.78 is 1.89. The second-order valence-electron chi connectivity index (χ2n) is 4.50. The number of carboxylic acid groups (broad SMARTS) is 1. The van der Waals surface area contributed by atoms with Gasteiger partial charge in [-0.2, -0.15) is 0 Å².